The van der Waals surface area contributed by atoms with Crippen molar-refractivity contribution in [3.05, 3.63) is 48.6 Å². The van der Waals surface area contributed by atoms with Gasteiger partial charge in [0.15, 0.2) is 5.78 Å². The molecule has 16 heavy (non-hydrogen) atoms. The number of hydrogen-bond acceptors (Lipinski definition) is 3. The second-order valence-electron chi connectivity index (χ2n) is 3.63. The summed E-state index contributed by atoms with van der Waals surface area (Å²) in [5.74, 6) is -0.194. The van der Waals surface area contributed by atoms with Crippen molar-refractivity contribution in [2.75, 3.05) is 0 Å². The minimum Gasteiger partial charge on any atom is -0.372 e. The molecule has 0 bridgehead atoms. The monoisotopic (exact) mass is 219 g/mol. The van der Waals surface area contributed by atoms with E-state index in [0.29, 0.717) is 6.61 Å². The van der Waals surface area contributed by atoms with Crippen molar-refractivity contribution in [2.24, 2.45) is 5.73 Å². The van der Waals surface area contributed by atoms with E-state index in [1.165, 1.54) is 6.08 Å². The predicted molar refractivity (Wildman–Crippen MR) is 63.9 cm³/mol. The Morgan fingerprint density at radius 2 is 2.12 bits per heavy atom. The second-order valence-corrected chi connectivity index (χ2v) is 3.63. The number of carbonyl (C=O) groups excluding carboxylic acids is 1. The number of ether oxygens (including phenoxy) is 1. The quantitative estimate of drug-likeness (QED) is 0.740. The number of rotatable bonds is 6. The smallest absolute Gasteiger partial charge is 0.174 e. The third-order valence-corrected chi connectivity index (χ3v) is 2.39. The molecule has 0 heterocycles. The largest absolute Gasteiger partial charge is 0.372 e. The van der Waals surface area contributed by atoms with E-state index < -0.39 is 6.04 Å². The fourth-order valence-corrected chi connectivity index (χ4v) is 1.27. The van der Waals surface area contributed by atoms with E-state index in [0.717, 1.165) is 5.56 Å². The molecule has 1 aromatic rings. The van der Waals surface area contributed by atoms with Gasteiger partial charge in [-0.25, -0.2) is 0 Å². The summed E-state index contributed by atoms with van der Waals surface area (Å²) >= 11 is 0. The number of benzene rings is 1. The average molecular weight is 219 g/mol. The molecule has 2 atom stereocenters. The summed E-state index contributed by atoms with van der Waals surface area (Å²) in [4.78, 5) is 11.2. The summed E-state index contributed by atoms with van der Waals surface area (Å²) in [5.41, 5.74) is 6.75. The van der Waals surface area contributed by atoms with Gasteiger partial charge in [0.2, 0.25) is 0 Å². The van der Waals surface area contributed by atoms with Gasteiger partial charge in [0, 0.05) is 0 Å². The molecule has 0 aliphatic heterocycles. The van der Waals surface area contributed by atoms with E-state index in [4.69, 9.17) is 10.5 Å². The fraction of sp³-hybridized carbons (Fsp3) is 0.308. The summed E-state index contributed by atoms with van der Waals surface area (Å²) in [6.07, 6.45) is 0.915. The number of hydrogen-bond donors (Lipinski definition) is 1. The minimum absolute atomic E-state index is 0.194. The second kappa shape index (κ2) is 6.20. The molecule has 0 saturated heterocycles. The van der Waals surface area contributed by atoms with Crippen LogP contribution in [0.4, 0.5) is 0 Å². The third-order valence-electron chi connectivity index (χ3n) is 2.39. The average Bonchev–Trinajstić information content (AvgIpc) is 2.35. The molecule has 0 aromatic heterocycles. The van der Waals surface area contributed by atoms with Gasteiger partial charge in [-0.1, -0.05) is 36.9 Å². The van der Waals surface area contributed by atoms with E-state index in [1.54, 1.807) is 6.92 Å². The van der Waals surface area contributed by atoms with Crippen molar-refractivity contribution in [3.63, 3.8) is 0 Å². The van der Waals surface area contributed by atoms with Crippen molar-refractivity contribution in [2.45, 2.75) is 25.7 Å². The molecule has 1 aromatic carbocycles. The molecule has 3 heteroatoms. The predicted octanol–water partition coefficient (Wildman–Crippen LogP) is 1.67. The summed E-state index contributed by atoms with van der Waals surface area (Å²) in [6.45, 7) is 5.64. The highest BCUT2D eigenvalue weighted by Gasteiger charge is 2.18. The molecular weight excluding hydrogens is 202 g/mol. The summed E-state index contributed by atoms with van der Waals surface area (Å²) in [7, 11) is 0. The SMILES string of the molecule is C=CC(=O)C(N)C(C)OCc1ccccc1. The van der Waals surface area contributed by atoms with Crippen molar-refractivity contribution < 1.29 is 9.53 Å². The van der Waals surface area contributed by atoms with Gasteiger partial charge in [0.05, 0.1) is 18.8 Å². The summed E-state index contributed by atoms with van der Waals surface area (Å²) in [6, 6.07) is 9.12. The van der Waals surface area contributed by atoms with E-state index in [-0.39, 0.29) is 11.9 Å². The number of carbonyl (C=O) groups is 1. The highest BCUT2D eigenvalue weighted by atomic mass is 16.5. The summed E-state index contributed by atoms with van der Waals surface area (Å²) in [5, 5.41) is 0. The molecule has 0 spiro atoms. The van der Waals surface area contributed by atoms with E-state index in [1.807, 2.05) is 30.3 Å². The van der Waals surface area contributed by atoms with Crippen LogP contribution in [0, 0.1) is 0 Å². The number of nitrogens with two attached hydrogens (primary N) is 1. The van der Waals surface area contributed by atoms with Gasteiger partial charge in [-0.15, -0.1) is 0 Å². The Hall–Kier alpha value is -1.45. The van der Waals surface area contributed by atoms with Crippen LogP contribution in [0.2, 0.25) is 0 Å². The Morgan fingerprint density at radius 3 is 2.69 bits per heavy atom. The molecule has 86 valence electrons. The van der Waals surface area contributed by atoms with Crippen LogP contribution >= 0.6 is 0 Å². The van der Waals surface area contributed by atoms with Gasteiger partial charge in [-0.3, -0.25) is 4.79 Å². The normalized spacial score (nSPS) is 14.1. The van der Waals surface area contributed by atoms with Crippen molar-refractivity contribution in [1.82, 2.24) is 0 Å². The lowest BCUT2D eigenvalue weighted by molar-refractivity contribution is -0.119. The van der Waals surface area contributed by atoms with Gasteiger partial charge < -0.3 is 10.5 Å². The Labute approximate surface area is 95.9 Å². The maximum Gasteiger partial charge on any atom is 0.174 e. The topological polar surface area (TPSA) is 52.3 Å². The maximum absolute atomic E-state index is 11.2. The molecule has 0 aliphatic carbocycles. The zero-order valence-electron chi connectivity index (χ0n) is 9.43. The van der Waals surface area contributed by atoms with Crippen LogP contribution in [0.1, 0.15) is 12.5 Å². The van der Waals surface area contributed by atoms with E-state index in [2.05, 4.69) is 6.58 Å². The maximum atomic E-state index is 11.2. The van der Waals surface area contributed by atoms with Crippen LogP contribution in [0.25, 0.3) is 0 Å². The zero-order chi connectivity index (χ0) is 12.0. The lowest BCUT2D eigenvalue weighted by Crippen LogP contribution is -2.40. The van der Waals surface area contributed by atoms with Gasteiger partial charge in [0.25, 0.3) is 0 Å². The van der Waals surface area contributed by atoms with Crippen LogP contribution in [0.3, 0.4) is 0 Å². The molecule has 2 unspecified atom stereocenters. The fourth-order valence-electron chi connectivity index (χ4n) is 1.27. The van der Waals surface area contributed by atoms with Gasteiger partial charge >= 0.3 is 0 Å². The van der Waals surface area contributed by atoms with E-state index >= 15 is 0 Å². The van der Waals surface area contributed by atoms with Crippen LogP contribution < -0.4 is 5.73 Å². The molecule has 3 nitrogen and oxygen atoms in total. The third kappa shape index (κ3) is 3.61. The van der Waals surface area contributed by atoms with Gasteiger partial charge in [-0.2, -0.15) is 0 Å². The number of ketones is 1. The molecule has 0 amide bonds. The Kier molecular flexibility index (Phi) is 4.89. The molecule has 0 aliphatic rings. The standard InChI is InChI=1S/C13H17NO2/c1-3-12(15)13(14)10(2)16-9-11-7-5-4-6-8-11/h3-8,10,13H,1,9,14H2,2H3. The van der Waals surface area contributed by atoms with Crippen LogP contribution in [0.15, 0.2) is 43.0 Å². The Morgan fingerprint density at radius 1 is 1.50 bits per heavy atom. The van der Waals surface area contributed by atoms with Crippen molar-refractivity contribution in [1.29, 1.82) is 0 Å². The first-order valence-corrected chi connectivity index (χ1v) is 5.22. The molecule has 0 saturated carbocycles. The van der Waals surface area contributed by atoms with E-state index in [9.17, 15) is 4.79 Å². The lowest BCUT2D eigenvalue weighted by atomic mass is 10.1. The Balaban J connectivity index is 2.44. The van der Waals surface area contributed by atoms with Crippen molar-refractivity contribution in [3.8, 4) is 0 Å². The summed E-state index contributed by atoms with van der Waals surface area (Å²) < 4.78 is 5.52. The van der Waals surface area contributed by atoms with Crippen LogP contribution in [-0.2, 0) is 16.1 Å². The highest BCUT2D eigenvalue weighted by molar-refractivity contribution is 5.94. The zero-order valence-corrected chi connectivity index (χ0v) is 9.43. The lowest BCUT2D eigenvalue weighted by Gasteiger charge is -2.18. The highest BCUT2D eigenvalue weighted by Crippen LogP contribution is 2.05. The molecular formula is C13H17NO2. The van der Waals surface area contributed by atoms with Gasteiger partial charge in [0.1, 0.15) is 0 Å². The van der Waals surface area contributed by atoms with Crippen LogP contribution in [0.5, 0.6) is 0 Å². The molecule has 0 fully saturated rings. The Bertz CT molecular complexity index is 348. The first kappa shape index (κ1) is 12.6. The minimum atomic E-state index is -0.638. The van der Waals surface area contributed by atoms with Gasteiger partial charge in [-0.05, 0) is 18.6 Å². The molecule has 2 N–H and O–H groups in total. The first-order chi connectivity index (χ1) is 7.65. The molecule has 0 radical (unpaired) electrons. The van der Waals surface area contributed by atoms with Crippen LogP contribution in [-0.4, -0.2) is 17.9 Å². The molecule has 1 rings (SSSR count). The first-order valence-electron chi connectivity index (χ1n) is 5.22. The van der Waals surface area contributed by atoms with Crippen molar-refractivity contribution >= 4 is 5.78 Å².